The summed E-state index contributed by atoms with van der Waals surface area (Å²) in [5.41, 5.74) is 3.61. The smallest absolute Gasteiger partial charge is 0.123 e. The fourth-order valence-corrected chi connectivity index (χ4v) is 2.01. The van der Waals surface area contributed by atoms with E-state index < -0.39 is 0 Å². The molecule has 0 amide bonds. The third-order valence-electron chi connectivity index (χ3n) is 3.13. The van der Waals surface area contributed by atoms with Gasteiger partial charge in [0.05, 0.1) is 0 Å². The van der Waals surface area contributed by atoms with Crippen LogP contribution in [0.3, 0.4) is 0 Å². The van der Waals surface area contributed by atoms with E-state index in [1.54, 1.807) is 0 Å². The maximum absolute atomic E-state index is 6.18. The van der Waals surface area contributed by atoms with Gasteiger partial charge in [-0.25, -0.2) is 0 Å². The lowest BCUT2D eigenvalue weighted by Gasteiger charge is -2.28. The van der Waals surface area contributed by atoms with Crippen molar-refractivity contribution in [3.8, 4) is 5.75 Å². The minimum absolute atomic E-state index is 0.180. The first-order valence-corrected chi connectivity index (χ1v) is 6.83. The van der Waals surface area contributed by atoms with Gasteiger partial charge in [-0.15, -0.1) is 0 Å². The van der Waals surface area contributed by atoms with Crippen LogP contribution in [0.2, 0.25) is 0 Å². The fraction of sp³-hybridized carbons (Fsp3) is 0.625. The Morgan fingerprint density at radius 2 is 1.83 bits per heavy atom. The van der Waals surface area contributed by atoms with Crippen LogP contribution >= 0.6 is 0 Å². The van der Waals surface area contributed by atoms with Gasteiger partial charge in [0.15, 0.2) is 0 Å². The Balaban J connectivity index is 2.77. The summed E-state index contributed by atoms with van der Waals surface area (Å²) in [4.78, 5) is 0. The number of aryl methyl sites for hydroxylation is 2. The van der Waals surface area contributed by atoms with Crippen molar-refractivity contribution >= 4 is 0 Å². The highest BCUT2D eigenvalue weighted by atomic mass is 16.5. The number of nitrogens with one attached hydrogen (secondary N) is 1. The molecule has 0 fully saturated rings. The molecule has 0 saturated heterocycles. The minimum atomic E-state index is -0.180. The fourth-order valence-electron chi connectivity index (χ4n) is 2.01. The van der Waals surface area contributed by atoms with E-state index in [9.17, 15) is 0 Å². The Hall–Kier alpha value is -1.02. The summed E-state index contributed by atoms with van der Waals surface area (Å²) < 4.78 is 6.18. The van der Waals surface area contributed by atoms with Crippen LogP contribution in [0.5, 0.6) is 5.75 Å². The lowest BCUT2D eigenvalue weighted by molar-refractivity contribution is 0.107. The van der Waals surface area contributed by atoms with Crippen LogP contribution in [0.1, 0.15) is 43.9 Å². The second-order valence-corrected chi connectivity index (χ2v) is 5.74. The molecule has 0 aliphatic heterocycles. The van der Waals surface area contributed by atoms with Gasteiger partial charge in [-0.1, -0.05) is 13.0 Å². The van der Waals surface area contributed by atoms with E-state index in [2.05, 4.69) is 59.0 Å². The van der Waals surface area contributed by atoms with Gasteiger partial charge in [0.2, 0.25) is 0 Å². The van der Waals surface area contributed by atoms with Gasteiger partial charge in [0, 0.05) is 6.54 Å². The predicted octanol–water partition coefficient (Wildman–Crippen LogP) is 3.77. The molecule has 2 nitrogen and oxygen atoms in total. The molecule has 1 aromatic carbocycles. The number of benzene rings is 1. The molecule has 0 aliphatic rings. The van der Waals surface area contributed by atoms with Crippen molar-refractivity contribution in [1.82, 2.24) is 5.32 Å². The minimum Gasteiger partial charge on any atom is -0.486 e. The summed E-state index contributed by atoms with van der Waals surface area (Å²) in [5.74, 6) is 1.01. The van der Waals surface area contributed by atoms with Crippen molar-refractivity contribution in [3.63, 3.8) is 0 Å². The zero-order valence-corrected chi connectivity index (χ0v) is 12.7. The quantitative estimate of drug-likeness (QED) is 0.775. The summed E-state index contributed by atoms with van der Waals surface area (Å²) >= 11 is 0. The summed E-state index contributed by atoms with van der Waals surface area (Å²) in [5, 5.41) is 3.42. The van der Waals surface area contributed by atoms with E-state index in [1.807, 2.05) is 0 Å². The molecule has 0 heterocycles. The molecule has 0 atom stereocenters. The summed E-state index contributed by atoms with van der Waals surface area (Å²) in [6.07, 6.45) is 1.15. The highest BCUT2D eigenvalue weighted by Gasteiger charge is 2.20. The van der Waals surface area contributed by atoms with Gasteiger partial charge in [-0.3, -0.25) is 0 Å². The van der Waals surface area contributed by atoms with Crippen molar-refractivity contribution in [2.45, 2.75) is 53.6 Å². The number of rotatable bonds is 6. The van der Waals surface area contributed by atoms with Crippen LogP contribution in [-0.2, 0) is 0 Å². The molecule has 1 aromatic rings. The summed E-state index contributed by atoms with van der Waals surface area (Å²) in [6.45, 7) is 14.7. The van der Waals surface area contributed by atoms with Crippen molar-refractivity contribution in [3.05, 3.63) is 28.8 Å². The molecular formula is C16H27NO. The number of hydrogen-bond acceptors (Lipinski definition) is 2. The molecule has 102 valence electrons. The van der Waals surface area contributed by atoms with Crippen molar-refractivity contribution in [1.29, 1.82) is 0 Å². The third kappa shape index (κ3) is 4.34. The van der Waals surface area contributed by atoms with E-state index in [-0.39, 0.29) is 5.60 Å². The highest BCUT2D eigenvalue weighted by Crippen LogP contribution is 2.26. The van der Waals surface area contributed by atoms with E-state index in [0.717, 1.165) is 25.3 Å². The Labute approximate surface area is 112 Å². The average Bonchev–Trinajstić information content (AvgIpc) is 2.25. The normalized spacial score (nSPS) is 11.7. The molecule has 0 unspecified atom stereocenters. The topological polar surface area (TPSA) is 21.3 Å². The Bertz CT molecular complexity index is 396. The van der Waals surface area contributed by atoms with Crippen molar-refractivity contribution in [2.24, 2.45) is 0 Å². The maximum atomic E-state index is 6.18. The largest absolute Gasteiger partial charge is 0.486 e. The molecule has 0 spiro atoms. The summed E-state index contributed by atoms with van der Waals surface area (Å²) in [7, 11) is 0. The van der Waals surface area contributed by atoms with Gasteiger partial charge in [-0.05, 0) is 70.3 Å². The van der Waals surface area contributed by atoms with Gasteiger partial charge < -0.3 is 10.1 Å². The molecule has 0 aromatic heterocycles. The molecule has 0 bridgehead atoms. The number of hydrogen-bond donors (Lipinski definition) is 1. The van der Waals surface area contributed by atoms with Crippen molar-refractivity contribution < 1.29 is 4.74 Å². The highest BCUT2D eigenvalue weighted by molar-refractivity contribution is 5.42. The molecular weight excluding hydrogens is 222 g/mol. The molecule has 0 aliphatic carbocycles. The van der Waals surface area contributed by atoms with Gasteiger partial charge in [-0.2, -0.15) is 0 Å². The molecule has 0 saturated carbocycles. The first-order chi connectivity index (χ1) is 8.35. The van der Waals surface area contributed by atoms with Crippen molar-refractivity contribution in [2.75, 3.05) is 13.1 Å². The molecule has 2 heteroatoms. The predicted molar refractivity (Wildman–Crippen MR) is 78.5 cm³/mol. The monoisotopic (exact) mass is 249 g/mol. The van der Waals surface area contributed by atoms with E-state index in [1.165, 1.54) is 16.7 Å². The van der Waals surface area contributed by atoms with E-state index in [4.69, 9.17) is 4.74 Å². The first kappa shape index (κ1) is 15.0. The average molecular weight is 249 g/mol. The zero-order valence-electron chi connectivity index (χ0n) is 12.7. The second kappa shape index (κ2) is 6.24. The standard InChI is InChI=1S/C16H27NO/c1-7-8-17-11-16(5,6)18-15-10-12(2)9-13(3)14(15)4/h9-10,17H,7-8,11H2,1-6H3. The zero-order chi connectivity index (χ0) is 13.8. The van der Waals surface area contributed by atoms with Gasteiger partial charge >= 0.3 is 0 Å². The van der Waals surface area contributed by atoms with E-state index in [0.29, 0.717) is 0 Å². The summed E-state index contributed by atoms with van der Waals surface area (Å²) in [6, 6.07) is 4.33. The van der Waals surface area contributed by atoms with Crippen LogP contribution in [-0.4, -0.2) is 18.7 Å². The van der Waals surface area contributed by atoms with Crippen LogP contribution < -0.4 is 10.1 Å². The lowest BCUT2D eigenvalue weighted by atomic mass is 10.0. The maximum Gasteiger partial charge on any atom is 0.123 e. The second-order valence-electron chi connectivity index (χ2n) is 5.74. The molecule has 1 N–H and O–H groups in total. The molecule has 18 heavy (non-hydrogen) atoms. The van der Waals surface area contributed by atoms with Crippen LogP contribution in [0.25, 0.3) is 0 Å². The van der Waals surface area contributed by atoms with Crippen LogP contribution in [0.15, 0.2) is 12.1 Å². The SMILES string of the molecule is CCCNCC(C)(C)Oc1cc(C)cc(C)c1C. The Morgan fingerprint density at radius 1 is 1.17 bits per heavy atom. The van der Waals surface area contributed by atoms with Gasteiger partial charge in [0.25, 0.3) is 0 Å². The first-order valence-electron chi connectivity index (χ1n) is 6.83. The molecule has 1 rings (SSSR count). The Morgan fingerprint density at radius 3 is 2.44 bits per heavy atom. The van der Waals surface area contributed by atoms with Gasteiger partial charge in [0.1, 0.15) is 11.4 Å². The Kier molecular flexibility index (Phi) is 5.21. The third-order valence-corrected chi connectivity index (χ3v) is 3.13. The van der Waals surface area contributed by atoms with Crippen LogP contribution in [0.4, 0.5) is 0 Å². The number of ether oxygens (including phenoxy) is 1. The van der Waals surface area contributed by atoms with Crippen LogP contribution in [0, 0.1) is 20.8 Å². The van der Waals surface area contributed by atoms with E-state index >= 15 is 0 Å². The molecule has 0 radical (unpaired) electrons. The lowest BCUT2D eigenvalue weighted by Crippen LogP contribution is -2.40.